The zero-order valence-electron chi connectivity index (χ0n) is 7.66. The number of halogens is 3. The summed E-state index contributed by atoms with van der Waals surface area (Å²) >= 11 is 0. The molecule has 0 unspecified atom stereocenters. The van der Waals surface area contributed by atoms with Gasteiger partial charge in [0, 0.05) is 11.1 Å². The largest absolute Gasteiger partial charge is 0.463 e. The molecular weight excluding hydrogens is 185 g/mol. The van der Waals surface area contributed by atoms with Crippen LogP contribution in [0.2, 0.25) is 0 Å². The molecule has 0 radical (unpaired) electrons. The molecule has 2 nitrogen and oxygen atoms in total. The van der Waals surface area contributed by atoms with Crippen LogP contribution in [0.25, 0.3) is 0 Å². The standard InChI is InChI=1S/C8H11F3O2/c1-4-13-7(12)5(2)6(3)8(9,10)11/h4H2,1-3H3/b6-5-. The number of esters is 1. The highest BCUT2D eigenvalue weighted by molar-refractivity contribution is 5.88. The fourth-order valence-corrected chi connectivity index (χ4v) is 0.605. The van der Waals surface area contributed by atoms with Crippen LogP contribution in [0.3, 0.4) is 0 Å². The fourth-order valence-electron chi connectivity index (χ4n) is 0.605. The Bertz CT molecular complexity index is 228. The number of carbonyl (C=O) groups excluding carboxylic acids is 1. The average Bonchev–Trinajstić information content (AvgIpc) is 2.00. The highest BCUT2D eigenvalue weighted by Gasteiger charge is 2.33. The number of rotatable bonds is 2. The molecule has 0 amide bonds. The number of alkyl halides is 3. The normalized spacial score (nSPS) is 13.7. The maximum absolute atomic E-state index is 12.0. The lowest BCUT2D eigenvalue weighted by Gasteiger charge is -2.10. The van der Waals surface area contributed by atoms with Crippen molar-refractivity contribution in [2.75, 3.05) is 6.61 Å². The van der Waals surface area contributed by atoms with Gasteiger partial charge in [-0.05, 0) is 20.8 Å². The van der Waals surface area contributed by atoms with Gasteiger partial charge in [0.15, 0.2) is 0 Å². The maximum atomic E-state index is 12.0. The van der Waals surface area contributed by atoms with Crippen LogP contribution in [-0.2, 0) is 9.53 Å². The van der Waals surface area contributed by atoms with Gasteiger partial charge in [0.25, 0.3) is 0 Å². The Morgan fingerprint density at radius 1 is 1.31 bits per heavy atom. The predicted octanol–water partition coefficient (Wildman–Crippen LogP) is 2.45. The molecule has 0 fully saturated rings. The molecule has 0 aromatic rings. The van der Waals surface area contributed by atoms with E-state index < -0.39 is 23.3 Å². The maximum Gasteiger partial charge on any atom is 0.412 e. The van der Waals surface area contributed by atoms with Crippen LogP contribution in [0.1, 0.15) is 20.8 Å². The summed E-state index contributed by atoms with van der Waals surface area (Å²) in [7, 11) is 0. The van der Waals surface area contributed by atoms with Gasteiger partial charge in [-0.3, -0.25) is 0 Å². The van der Waals surface area contributed by atoms with E-state index >= 15 is 0 Å². The van der Waals surface area contributed by atoms with E-state index in [0.29, 0.717) is 0 Å². The zero-order valence-corrected chi connectivity index (χ0v) is 7.66. The van der Waals surface area contributed by atoms with Gasteiger partial charge in [0.2, 0.25) is 0 Å². The highest BCUT2D eigenvalue weighted by Crippen LogP contribution is 2.27. The van der Waals surface area contributed by atoms with E-state index in [4.69, 9.17) is 0 Å². The molecule has 0 spiro atoms. The molecule has 13 heavy (non-hydrogen) atoms. The number of carbonyl (C=O) groups is 1. The lowest BCUT2D eigenvalue weighted by atomic mass is 10.1. The van der Waals surface area contributed by atoms with Crippen LogP contribution in [0, 0.1) is 0 Å². The summed E-state index contributed by atoms with van der Waals surface area (Å²) in [5.74, 6) is -0.919. The number of hydrogen-bond donors (Lipinski definition) is 0. The third-order valence-corrected chi connectivity index (χ3v) is 1.57. The topological polar surface area (TPSA) is 26.3 Å². The second-order valence-electron chi connectivity index (χ2n) is 2.47. The van der Waals surface area contributed by atoms with Crippen LogP contribution >= 0.6 is 0 Å². The van der Waals surface area contributed by atoms with Gasteiger partial charge in [0.05, 0.1) is 6.61 Å². The summed E-state index contributed by atoms with van der Waals surface area (Å²) in [5, 5.41) is 0. The van der Waals surface area contributed by atoms with Crippen molar-refractivity contribution in [3.8, 4) is 0 Å². The Balaban J connectivity index is 4.72. The second kappa shape index (κ2) is 4.30. The molecule has 5 heteroatoms. The van der Waals surface area contributed by atoms with Crippen LogP contribution in [0.5, 0.6) is 0 Å². The molecule has 0 bridgehead atoms. The molecule has 0 aliphatic heterocycles. The molecule has 0 atom stereocenters. The van der Waals surface area contributed by atoms with E-state index in [1.54, 1.807) is 0 Å². The first kappa shape index (κ1) is 12.0. The van der Waals surface area contributed by atoms with Gasteiger partial charge >= 0.3 is 12.1 Å². The fraction of sp³-hybridized carbons (Fsp3) is 0.625. The first-order chi connectivity index (χ1) is 5.80. The van der Waals surface area contributed by atoms with E-state index in [9.17, 15) is 18.0 Å². The number of ether oxygens (including phenoxy) is 1. The SMILES string of the molecule is CCOC(=O)/C(C)=C(/C)C(F)(F)F. The lowest BCUT2D eigenvalue weighted by Crippen LogP contribution is -2.16. The smallest absolute Gasteiger partial charge is 0.412 e. The van der Waals surface area contributed by atoms with Crippen LogP contribution in [-0.4, -0.2) is 18.8 Å². The Morgan fingerprint density at radius 2 is 1.77 bits per heavy atom. The van der Waals surface area contributed by atoms with Crippen molar-refractivity contribution in [3.63, 3.8) is 0 Å². The van der Waals surface area contributed by atoms with E-state index in [2.05, 4.69) is 4.74 Å². The molecule has 0 saturated carbocycles. The van der Waals surface area contributed by atoms with Crippen molar-refractivity contribution in [1.29, 1.82) is 0 Å². The Labute approximate surface area is 74.4 Å². The monoisotopic (exact) mass is 196 g/mol. The first-order valence-corrected chi connectivity index (χ1v) is 3.72. The lowest BCUT2D eigenvalue weighted by molar-refractivity contribution is -0.139. The molecule has 0 aromatic heterocycles. The van der Waals surface area contributed by atoms with Gasteiger partial charge in [-0.1, -0.05) is 0 Å². The summed E-state index contributed by atoms with van der Waals surface area (Å²) in [6.07, 6.45) is -4.46. The van der Waals surface area contributed by atoms with E-state index in [0.717, 1.165) is 13.8 Å². The molecule has 76 valence electrons. The molecule has 0 saturated heterocycles. The summed E-state index contributed by atoms with van der Waals surface area (Å²) in [6.45, 7) is 3.56. The minimum absolute atomic E-state index is 0.0707. The van der Waals surface area contributed by atoms with Crippen molar-refractivity contribution in [1.82, 2.24) is 0 Å². The van der Waals surface area contributed by atoms with Crippen molar-refractivity contribution in [3.05, 3.63) is 11.1 Å². The van der Waals surface area contributed by atoms with E-state index in [1.165, 1.54) is 6.92 Å². The van der Waals surface area contributed by atoms with Gasteiger partial charge in [0.1, 0.15) is 0 Å². The minimum Gasteiger partial charge on any atom is -0.463 e. The molecule has 0 rings (SSSR count). The van der Waals surface area contributed by atoms with Crippen LogP contribution < -0.4 is 0 Å². The average molecular weight is 196 g/mol. The second-order valence-corrected chi connectivity index (χ2v) is 2.47. The molecule has 0 aliphatic carbocycles. The zero-order chi connectivity index (χ0) is 10.6. The van der Waals surface area contributed by atoms with Gasteiger partial charge < -0.3 is 4.74 Å². The van der Waals surface area contributed by atoms with Crippen molar-refractivity contribution >= 4 is 5.97 Å². The quantitative estimate of drug-likeness (QED) is 0.501. The molecule has 0 aromatic carbocycles. The molecule has 0 N–H and O–H groups in total. The first-order valence-electron chi connectivity index (χ1n) is 3.72. The summed E-state index contributed by atoms with van der Waals surface area (Å²) in [5.41, 5.74) is -1.31. The minimum atomic E-state index is -4.46. The Morgan fingerprint density at radius 3 is 2.08 bits per heavy atom. The van der Waals surface area contributed by atoms with Crippen molar-refractivity contribution < 1.29 is 22.7 Å². The van der Waals surface area contributed by atoms with Crippen LogP contribution in [0.15, 0.2) is 11.1 Å². The Hall–Kier alpha value is -1.00. The third-order valence-electron chi connectivity index (χ3n) is 1.57. The third kappa shape index (κ3) is 3.48. The Kier molecular flexibility index (Phi) is 3.97. The van der Waals surface area contributed by atoms with E-state index in [1.807, 2.05) is 0 Å². The summed E-state index contributed by atoms with van der Waals surface area (Å²) in [6, 6.07) is 0. The number of allylic oxidation sites excluding steroid dienone is 1. The van der Waals surface area contributed by atoms with Crippen LogP contribution in [0.4, 0.5) is 13.2 Å². The number of hydrogen-bond acceptors (Lipinski definition) is 2. The molecule has 0 heterocycles. The molecule has 0 aliphatic rings. The van der Waals surface area contributed by atoms with Crippen molar-refractivity contribution in [2.45, 2.75) is 26.9 Å². The van der Waals surface area contributed by atoms with Gasteiger partial charge in [-0.25, -0.2) is 4.79 Å². The van der Waals surface area contributed by atoms with E-state index in [-0.39, 0.29) is 6.61 Å². The molecular formula is C8H11F3O2. The highest BCUT2D eigenvalue weighted by atomic mass is 19.4. The van der Waals surface area contributed by atoms with Gasteiger partial charge in [-0.2, -0.15) is 13.2 Å². The summed E-state index contributed by atoms with van der Waals surface area (Å²) < 4.78 is 40.5. The summed E-state index contributed by atoms with van der Waals surface area (Å²) in [4.78, 5) is 10.9. The van der Waals surface area contributed by atoms with Gasteiger partial charge in [-0.15, -0.1) is 0 Å². The predicted molar refractivity (Wildman–Crippen MR) is 41.1 cm³/mol. The van der Waals surface area contributed by atoms with Crippen molar-refractivity contribution in [2.24, 2.45) is 0 Å².